The highest BCUT2D eigenvalue weighted by atomic mass is 79.9. The van der Waals surface area contributed by atoms with E-state index in [1.54, 1.807) is 12.3 Å². The molecule has 1 aliphatic heterocycles. The van der Waals surface area contributed by atoms with Gasteiger partial charge in [0.2, 0.25) is 0 Å². The number of allylic oxidation sites excluding steroid dienone is 1. The number of aldehydes is 1. The summed E-state index contributed by atoms with van der Waals surface area (Å²) in [6.07, 6.45) is 8.53. The van der Waals surface area contributed by atoms with Crippen molar-refractivity contribution in [2.24, 2.45) is 0 Å². The van der Waals surface area contributed by atoms with Crippen LogP contribution in [-0.4, -0.2) is 11.3 Å². The van der Waals surface area contributed by atoms with Crippen LogP contribution in [0.5, 0.6) is 0 Å². The van der Waals surface area contributed by atoms with Crippen molar-refractivity contribution in [3.05, 3.63) is 117 Å². The Morgan fingerprint density at radius 1 is 1.13 bits per heavy atom. The van der Waals surface area contributed by atoms with Crippen molar-refractivity contribution in [3.63, 3.8) is 0 Å². The maximum atomic E-state index is 12.3. The summed E-state index contributed by atoms with van der Waals surface area (Å²) in [5.41, 5.74) is 4.55. The molecule has 2 aromatic carbocycles. The molecule has 0 aliphatic carbocycles. The van der Waals surface area contributed by atoms with Crippen molar-refractivity contribution in [2.45, 2.75) is 6.04 Å². The lowest BCUT2D eigenvalue weighted by atomic mass is 9.91. The smallest absolute Gasteiger partial charge is 0.147 e. The maximum absolute atomic E-state index is 12.3. The van der Waals surface area contributed by atoms with Gasteiger partial charge in [0.1, 0.15) is 18.1 Å². The van der Waals surface area contributed by atoms with E-state index in [1.165, 1.54) is 0 Å². The van der Waals surface area contributed by atoms with Gasteiger partial charge in [0.05, 0.1) is 5.70 Å². The zero-order valence-corrected chi connectivity index (χ0v) is 18.3. The van der Waals surface area contributed by atoms with E-state index in [9.17, 15) is 4.79 Å². The Labute approximate surface area is 189 Å². The average Bonchev–Trinajstić information content (AvgIpc) is 2.76. The van der Waals surface area contributed by atoms with Gasteiger partial charge < -0.3 is 9.69 Å². The first-order chi connectivity index (χ1) is 14.6. The Bertz CT molecular complexity index is 1170. The topological polar surface area (TPSA) is 33.2 Å². The Hall–Kier alpha value is -2.95. The third-order valence-electron chi connectivity index (χ3n) is 4.91. The van der Waals surface area contributed by atoms with Crippen LogP contribution in [0.15, 0.2) is 95.3 Å². The average molecular weight is 478 g/mol. The number of hydrogen-bond donors (Lipinski definition) is 0. The lowest BCUT2D eigenvalue weighted by molar-refractivity contribution is -0.109. The van der Waals surface area contributed by atoms with Gasteiger partial charge in [0, 0.05) is 15.7 Å². The quantitative estimate of drug-likeness (QED) is 0.297. The molecule has 4 rings (SSSR count). The van der Waals surface area contributed by atoms with Gasteiger partial charge in [-0.15, -0.1) is 0 Å². The van der Waals surface area contributed by atoms with Crippen LogP contribution in [0.3, 0.4) is 0 Å². The highest BCUT2D eigenvalue weighted by Gasteiger charge is 2.31. The van der Waals surface area contributed by atoms with E-state index in [2.05, 4.69) is 33.6 Å². The minimum atomic E-state index is -0.509. The van der Waals surface area contributed by atoms with Gasteiger partial charge in [-0.3, -0.25) is 0 Å². The summed E-state index contributed by atoms with van der Waals surface area (Å²) in [4.78, 5) is 18.7. The second-order valence-electron chi connectivity index (χ2n) is 6.80. The number of halogens is 2. The number of benzene rings is 2. The Morgan fingerprint density at radius 2 is 2.00 bits per heavy atom. The minimum absolute atomic E-state index is 0.509. The van der Waals surface area contributed by atoms with Gasteiger partial charge in [-0.2, -0.15) is 0 Å². The number of anilines is 1. The molecule has 3 nitrogen and oxygen atoms in total. The third-order valence-corrected chi connectivity index (χ3v) is 5.64. The molecule has 5 heteroatoms. The van der Waals surface area contributed by atoms with Crippen LogP contribution in [0.4, 0.5) is 5.82 Å². The summed E-state index contributed by atoms with van der Waals surface area (Å²) in [5.74, 6) is 0.688. The van der Waals surface area contributed by atoms with Gasteiger partial charge in [-0.1, -0.05) is 64.5 Å². The lowest BCUT2D eigenvalue weighted by Gasteiger charge is -2.36. The van der Waals surface area contributed by atoms with Gasteiger partial charge in [-0.25, -0.2) is 4.98 Å². The van der Waals surface area contributed by atoms with E-state index < -0.39 is 6.04 Å². The van der Waals surface area contributed by atoms with Gasteiger partial charge in [-0.05, 0) is 70.8 Å². The minimum Gasteiger partial charge on any atom is -0.311 e. The molecule has 0 bridgehead atoms. The van der Waals surface area contributed by atoms with Crippen molar-refractivity contribution in [2.75, 3.05) is 4.90 Å². The molecule has 0 saturated carbocycles. The highest BCUT2D eigenvalue weighted by molar-refractivity contribution is 9.10. The van der Waals surface area contributed by atoms with E-state index in [0.29, 0.717) is 10.8 Å². The molecule has 2 heterocycles. The van der Waals surface area contributed by atoms with Crippen molar-refractivity contribution in [1.29, 1.82) is 0 Å². The number of pyridine rings is 1. The van der Waals surface area contributed by atoms with Crippen LogP contribution in [0.2, 0.25) is 5.02 Å². The Morgan fingerprint density at radius 3 is 2.70 bits per heavy atom. The summed E-state index contributed by atoms with van der Waals surface area (Å²) in [6.45, 7) is 4.02. The van der Waals surface area contributed by atoms with Crippen LogP contribution >= 0.6 is 27.5 Å². The summed E-state index contributed by atoms with van der Waals surface area (Å²) in [5, 5.41) is 0.659. The van der Waals surface area contributed by atoms with E-state index in [1.807, 2.05) is 71.6 Å². The number of fused-ring (bicyclic) bond motifs is 1. The number of aromatic nitrogens is 1. The normalized spacial score (nSPS) is 15.9. The molecule has 0 saturated heterocycles. The molecule has 0 N–H and O–H groups in total. The molecule has 1 atom stereocenters. The molecule has 1 aliphatic rings. The number of carbonyl (C=O) groups excluding carboxylic acids is 1. The van der Waals surface area contributed by atoms with E-state index in [0.717, 1.165) is 38.7 Å². The van der Waals surface area contributed by atoms with E-state index in [-0.39, 0.29) is 0 Å². The summed E-state index contributed by atoms with van der Waals surface area (Å²) in [7, 11) is 0. The van der Waals surface area contributed by atoms with E-state index >= 15 is 0 Å². The standard InChI is InChI=1S/C25H18BrClN2O/c1-2-18(12-17-6-5-7-21(27)13-17)23-15-19-14-20(26)9-10-22(19)24(16-30)29(23)25-8-3-4-11-28-25/h2-16,24H,1H2. The zero-order valence-electron chi connectivity index (χ0n) is 16.0. The molecule has 1 unspecified atom stereocenters. The first kappa shape index (κ1) is 20.3. The first-order valence-corrected chi connectivity index (χ1v) is 10.5. The van der Waals surface area contributed by atoms with Gasteiger partial charge in [0.15, 0.2) is 0 Å². The van der Waals surface area contributed by atoms with Crippen molar-refractivity contribution in [3.8, 4) is 0 Å². The fourth-order valence-electron chi connectivity index (χ4n) is 3.58. The molecular formula is C25H18BrClN2O. The Balaban J connectivity index is 1.94. The second-order valence-corrected chi connectivity index (χ2v) is 8.15. The number of carbonyl (C=O) groups is 1. The lowest BCUT2D eigenvalue weighted by Crippen LogP contribution is -2.33. The fraction of sp³-hybridized carbons (Fsp3) is 0.0400. The van der Waals surface area contributed by atoms with Crippen molar-refractivity contribution >= 4 is 51.8 Å². The highest BCUT2D eigenvalue weighted by Crippen LogP contribution is 2.40. The first-order valence-electron chi connectivity index (χ1n) is 9.37. The molecule has 148 valence electrons. The molecular weight excluding hydrogens is 460 g/mol. The number of hydrogen-bond acceptors (Lipinski definition) is 3. The summed E-state index contributed by atoms with van der Waals surface area (Å²) >= 11 is 9.71. The number of rotatable bonds is 5. The van der Waals surface area contributed by atoms with Crippen LogP contribution in [0.1, 0.15) is 22.7 Å². The molecule has 1 aromatic heterocycles. The molecule has 30 heavy (non-hydrogen) atoms. The fourth-order valence-corrected chi connectivity index (χ4v) is 4.16. The second kappa shape index (κ2) is 8.82. The van der Waals surface area contributed by atoms with Crippen LogP contribution < -0.4 is 4.90 Å². The van der Waals surface area contributed by atoms with Crippen molar-refractivity contribution in [1.82, 2.24) is 4.98 Å². The molecule has 0 spiro atoms. The van der Waals surface area contributed by atoms with Gasteiger partial charge in [0.25, 0.3) is 0 Å². The largest absolute Gasteiger partial charge is 0.311 e. The van der Waals surface area contributed by atoms with Crippen LogP contribution in [-0.2, 0) is 4.79 Å². The molecule has 0 amide bonds. The van der Waals surface area contributed by atoms with Gasteiger partial charge >= 0.3 is 0 Å². The Kier molecular flexibility index (Phi) is 5.98. The zero-order chi connectivity index (χ0) is 21.1. The summed E-state index contributed by atoms with van der Waals surface area (Å²) < 4.78 is 0.951. The van der Waals surface area contributed by atoms with Crippen LogP contribution in [0, 0.1) is 0 Å². The predicted molar refractivity (Wildman–Crippen MR) is 127 cm³/mol. The summed E-state index contributed by atoms with van der Waals surface area (Å²) in [6, 6.07) is 18.7. The van der Waals surface area contributed by atoms with E-state index in [4.69, 9.17) is 11.6 Å². The molecule has 0 fully saturated rings. The SMILES string of the molecule is C=CC(=Cc1cccc(Cl)c1)C1=Cc2cc(Br)ccc2C(C=O)N1c1ccccn1. The third kappa shape index (κ3) is 4.02. The van der Waals surface area contributed by atoms with Crippen molar-refractivity contribution < 1.29 is 4.79 Å². The number of nitrogens with zero attached hydrogens (tertiary/aromatic N) is 2. The van der Waals surface area contributed by atoms with Crippen LogP contribution in [0.25, 0.3) is 12.2 Å². The molecule has 3 aromatic rings. The monoisotopic (exact) mass is 476 g/mol. The maximum Gasteiger partial charge on any atom is 0.147 e. The predicted octanol–water partition coefficient (Wildman–Crippen LogP) is 6.87. The molecule has 0 radical (unpaired) electrons.